The van der Waals surface area contributed by atoms with Gasteiger partial charge in [0.25, 0.3) is 11.8 Å². The summed E-state index contributed by atoms with van der Waals surface area (Å²) in [4.78, 5) is 29.9. The Morgan fingerprint density at radius 2 is 0.895 bits per heavy atom. The molecular weight excluding hydrogens is 476 g/mol. The van der Waals surface area contributed by atoms with E-state index in [1.165, 1.54) is 0 Å². The van der Waals surface area contributed by atoms with Gasteiger partial charge in [-0.25, -0.2) is 0 Å². The third-order valence-electron chi connectivity index (χ3n) is 6.90. The average molecular weight is 533 g/mol. The summed E-state index contributed by atoms with van der Waals surface area (Å²) in [6.45, 7) is 14.0. The predicted molar refractivity (Wildman–Crippen MR) is 158 cm³/mol. The summed E-state index contributed by atoms with van der Waals surface area (Å²) in [5, 5.41) is 0. The minimum Gasteiger partial charge on any atom is -0.484 e. The summed E-state index contributed by atoms with van der Waals surface area (Å²) in [6.07, 6.45) is 14.0. The van der Waals surface area contributed by atoms with Gasteiger partial charge in [-0.05, 0) is 49.8 Å². The average Bonchev–Trinajstić information content (AvgIpc) is 2.93. The summed E-state index contributed by atoms with van der Waals surface area (Å²) < 4.78 is 11.9. The van der Waals surface area contributed by atoms with Crippen LogP contribution in [0.1, 0.15) is 117 Å². The quantitative estimate of drug-likeness (QED) is 0.138. The molecule has 6 nitrogen and oxygen atoms in total. The number of carbonyl (C=O) groups excluding carboxylic acids is 2. The lowest BCUT2D eigenvalue weighted by molar-refractivity contribution is -0.134. The van der Waals surface area contributed by atoms with Gasteiger partial charge in [-0.2, -0.15) is 0 Å². The third-order valence-corrected chi connectivity index (χ3v) is 6.90. The lowest BCUT2D eigenvalue weighted by atomic mass is 10.1. The fourth-order valence-corrected chi connectivity index (χ4v) is 4.41. The van der Waals surface area contributed by atoms with Crippen LogP contribution in [0.15, 0.2) is 18.2 Å². The highest BCUT2D eigenvalue weighted by Crippen LogP contribution is 2.24. The van der Waals surface area contributed by atoms with Crippen molar-refractivity contribution in [3.63, 3.8) is 0 Å². The summed E-state index contributed by atoms with van der Waals surface area (Å²) in [6, 6.07) is 5.72. The highest BCUT2D eigenvalue weighted by atomic mass is 16.5. The van der Waals surface area contributed by atoms with Gasteiger partial charge in [-0.3, -0.25) is 9.59 Å². The van der Waals surface area contributed by atoms with Crippen LogP contribution < -0.4 is 9.47 Å². The molecule has 0 aliphatic heterocycles. The van der Waals surface area contributed by atoms with Crippen molar-refractivity contribution in [3.05, 3.63) is 23.8 Å². The molecule has 0 atom stereocenters. The van der Waals surface area contributed by atoms with Crippen LogP contribution in [0.5, 0.6) is 11.5 Å². The van der Waals surface area contributed by atoms with Gasteiger partial charge < -0.3 is 19.3 Å². The van der Waals surface area contributed by atoms with Gasteiger partial charge in [-0.15, -0.1) is 0 Å². The number of benzene rings is 1. The number of amides is 2. The van der Waals surface area contributed by atoms with Crippen molar-refractivity contribution in [1.29, 1.82) is 0 Å². The van der Waals surface area contributed by atoms with E-state index >= 15 is 0 Å². The molecule has 1 aromatic carbocycles. The van der Waals surface area contributed by atoms with Crippen LogP contribution in [0.4, 0.5) is 0 Å². The molecule has 38 heavy (non-hydrogen) atoms. The molecule has 0 N–H and O–H groups in total. The van der Waals surface area contributed by atoms with Crippen molar-refractivity contribution in [1.82, 2.24) is 9.80 Å². The molecule has 2 amide bonds. The Kier molecular flexibility index (Phi) is 19.3. The number of rotatable bonds is 23. The molecule has 218 valence electrons. The van der Waals surface area contributed by atoms with E-state index in [2.05, 4.69) is 34.6 Å². The first-order valence-corrected chi connectivity index (χ1v) is 15.4. The Morgan fingerprint density at radius 3 is 1.18 bits per heavy atom. The Bertz CT molecular complexity index is 690. The van der Waals surface area contributed by atoms with Gasteiger partial charge in [0.2, 0.25) is 0 Å². The molecule has 0 fully saturated rings. The molecule has 6 heteroatoms. The molecule has 0 heterocycles. The van der Waals surface area contributed by atoms with Crippen molar-refractivity contribution >= 4 is 11.8 Å². The molecular formula is C32H56N2O4. The van der Waals surface area contributed by atoms with Gasteiger partial charge in [0, 0.05) is 32.2 Å². The summed E-state index contributed by atoms with van der Waals surface area (Å²) >= 11 is 0. The molecule has 0 aromatic heterocycles. The molecule has 0 bridgehead atoms. The van der Waals surface area contributed by atoms with Gasteiger partial charge >= 0.3 is 0 Å². The van der Waals surface area contributed by atoms with Crippen LogP contribution >= 0.6 is 0 Å². The molecule has 0 aliphatic rings. The summed E-state index contributed by atoms with van der Waals surface area (Å²) in [5.74, 6) is 1.30. The van der Waals surface area contributed by atoms with Gasteiger partial charge in [-0.1, -0.05) is 86.0 Å². The minimum absolute atomic E-state index is 0.0203. The van der Waals surface area contributed by atoms with Crippen molar-refractivity contribution in [2.45, 2.75) is 118 Å². The fraction of sp³-hybridized carbons (Fsp3) is 0.750. The Hall–Kier alpha value is -2.24. The second-order valence-electron chi connectivity index (χ2n) is 10.3. The normalized spacial score (nSPS) is 10.9. The van der Waals surface area contributed by atoms with Crippen molar-refractivity contribution in [3.8, 4) is 11.5 Å². The summed E-state index contributed by atoms with van der Waals surface area (Å²) in [5.41, 5.74) is 1.06. The third kappa shape index (κ3) is 14.6. The van der Waals surface area contributed by atoms with E-state index in [0.29, 0.717) is 11.5 Å². The standard InChI is InChI=1S/C32H56N2O4/c1-6-11-15-19-33(20-16-12-7-2)31(35)26-37-29-23-28(10-5)24-30(25-29)38-27-32(36)34(21-17-13-8-3)22-18-14-9-4/h23-25H,6-22,26-27H2,1-5H3. The van der Waals surface area contributed by atoms with Crippen molar-refractivity contribution < 1.29 is 19.1 Å². The molecule has 1 rings (SSSR count). The van der Waals surface area contributed by atoms with Gasteiger partial charge in [0.15, 0.2) is 13.2 Å². The van der Waals surface area contributed by atoms with Gasteiger partial charge in [0.05, 0.1) is 0 Å². The van der Waals surface area contributed by atoms with Crippen LogP contribution in [0, 0.1) is 0 Å². The predicted octanol–water partition coefficient (Wildman–Crippen LogP) is 7.42. The van der Waals surface area contributed by atoms with Crippen molar-refractivity contribution in [2.75, 3.05) is 39.4 Å². The molecule has 0 aliphatic carbocycles. The molecule has 0 saturated carbocycles. The number of carbonyl (C=O) groups is 2. The first-order chi connectivity index (χ1) is 18.5. The van der Waals surface area contributed by atoms with Crippen LogP contribution in [0.25, 0.3) is 0 Å². The number of unbranched alkanes of at least 4 members (excludes halogenated alkanes) is 8. The largest absolute Gasteiger partial charge is 0.484 e. The van der Waals surface area contributed by atoms with E-state index in [-0.39, 0.29) is 25.0 Å². The zero-order valence-electron chi connectivity index (χ0n) is 25.2. The highest BCUT2D eigenvalue weighted by Gasteiger charge is 2.16. The topological polar surface area (TPSA) is 59.1 Å². The first-order valence-electron chi connectivity index (χ1n) is 15.4. The van der Waals surface area contributed by atoms with Crippen LogP contribution in [0.3, 0.4) is 0 Å². The first kappa shape index (κ1) is 33.8. The Morgan fingerprint density at radius 1 is 0.553 bits per heavy atom. The van der Waals surface area contributed by atoms with E-state index in [0.717, 1.165) is 115 Å². The lowest BCUT2D eigenvalue weighted by Crippen LogP contribution is -2.36. The molecule has 1 aromatic rings. The fourth-order valence-electron chi connectivity index (χ4n) is 4.41. The number of hydrogen-bond donors (Lipinski definition) is 0. The Labute approximate surface area is 233 Å². The van der Waals surface area contributed by atoms with E-state index in [1.54, 1.807) is 6.07 Å². The number of aryl methyl sites for hydroxylation is 1. The maximum Gasteiger partial charge on any atom is 0.260 e. The van der Waals surface area contributed by atoms with E-state index < -0.39 is 0 Å². The van der Waals surface area contributed by atoms with Crippen LogP contribution in [-0.4, -0.2) is 61.0 Å². The second-order valence-corrected chi connectivity index (χ2v) is 10.3. The molecule has 0 unspecified atom stereocenters. The number of ether oxygens (including phenoxy) is 2. The molecule has 0 saturated heterocycles. The van der Waals surface area contributed by atoms with E-state index in [4.69, 9.17) is 9.47 Å². The lowest BCUT2D eigenvalue weighted by Gasteiger charge is -2.23. The Balaban J connectivity index is 2.77. The van der Waals surface area contributed by atoms with E-state index in [1.807, 2.05) is 21.9 Å². The monoisotopic (exact) mass is 532 g/mol. The van der Waals surface area contributed by atoms with Gasteiger partial charge in [0.1, 0.15) is 11.5 Å². The zero-order chi connectivity index (χ0) is 28.0. The van der Waals surface area contributed by atoms with E-state index in [9.17, 15) is 9.59 Å². The van der Waals surface area contributed by atoms with Crippen LogP contribution in [0.2, 0.25) is 0 Å². The molecule has 0 radical (unpaired) electrons. The highest BCUT2D eigenvalue weighted by molar-refractivity contribution is 5.78. The smallest absolute Gasteiger partial charge is 0.260 e. The zero-order valence-corrected chi connectivity index (χ0v) is 25.2. The number of hydrogen-bond acceptors (Lipinski definition) is 4. The number of nitrogens with zero attached hydrogens (tertiary/aromatic N) is 2. The molecule has 0 spiro atoms. The SMILES string of the molecule is CCCCCN(CCCCC)C(=O)COc1cc(CC)cc(OCC(=O)N(CCCCC)CCCCC)c1. The van der Waals surface area contributed by atoms with Crippen LogP contribution in [-0.2, 0) is 16.0 Å². The summed E-state index contributed by atoms with van der Waals surface area (Å²) in [7, 11) is 0. The van der Waals surface area contributed by atoms with Crippen molar-refractivity contribution in [2.24, 2.45) is 0 Å². The second kappa shape index (κ2) is 21.7. The maximum atomic E-state index is 13.0. The maximum absolute atomic E-state index is 13.0. The minimum atomic E-state index is 0.0203.